The minimum Gasteiger partial charge on any atom is -0.442 e. The molecule has 0 aliphatic carbocycles. The van der Waals surface area contributed by atoms with Crippen molar-refractivity contribution in [2.75, 3.05) is 0 Å². The fraction of sp³-hybridized carbons (Fsp3) is 0.0909. The molecule has 2 rings (SSSR count). The first-order chi connectivity index (χ1) is 6.77. The number of benzene rings is 1. The number of hydrogen-bond acceptors (Lipinski definition) is 3. The van der Waals surface area contributed by atoms with Gasteiger partial charge in [-0.2, -0.15) is 0 Å². The van der Waals surface area contributed by atoms with Gasteiger partial charge in [-0.1, -0.05) is 30.3 Å². The zero-order valence-electron chi connectivity index (χ0n) is 7.73. The molecule has 0 saturated heterocycles. The van der Waals surface area contributed by atoms with Crippen molar-refractivity contribution in [3.63, 3.8) is 0 Å². The van der Waals surface area contributed by atoms with Crippen LogP contribution in [0.25, 0.3) is 0 Å². The normalized spacial score (nSPS) is 10.1. The topological polar surface area (TPSA) is 43.1 Å². The molecule has 0 N–H and O–H groups in total. The highest BCUT2D eigenvalue weighted by Crippen LogP contribution is 2.08. The third-order valence-corrected chi connectivity index (χ3v) is 1.85. The highest BCUT2D eigenvalue weighted by molar-refractivity contribution is 6.05. The summed E-state index contributed by atoms with van der Waals surface area (Å²) in [5, 5.41) is 0. The Bertz CT molecular complexity index is 445. The first kappa shape index (κ1) is 8.69. The second-order valence-corrected chi connectivity index (χ2v) is 2.99. The van der Waals surface area contributed by atoms with Crippen LogP contribution < -0.4 is 0 Å². The number of oxazole rings is 1. The van der Waals surface area contributed by atoms with Gasteiger partial charge in [0.15, 0.2) is 0 Å². The largest absolute Gasteiger partial charge is 0.442 e. The van der Waals surface area contributed by atoms with Crippen molar-refractivity contribution in [3.8, 4) is 0 Å². The molecule has 0 radical (unpaired) electrons. The van der Waals surface area contributed by atoms with Gasteiger partial charge < -0.3 is 4.42 Å². The lowest BCUT2D eigenvalue weighted by molar-refractivity contribution is 0.100. The van der Waals surface area contributed by atoms with E-state index in [1.165, 1.54) is 6.26 Å². The van der Waals surface area contributed by atoms with Crippen LogP contribution in [0.15, 0.2) is 41.0 Å². The van der Waals surface area contributed by atoms with Gasteiger partial charge in [0.2, 0.25) is 5.78 Å². The Morgan fingerprint density at radius 1 is 1.29 bits per heavy atom. The molecule has 3 nitrogen and oxygen atoms in total. The molecular weight excluding hydrogens is 178 g/mol. The van der Waals surface area contributed by atoms with Crippen LogP contribution >= 0.6 is 0 Å². The number of carbonyl (C=O) groups is 1. The second kappa shape index (κ2) is 3.46. The van der Waals surface area contributed by atoms with Gasteiger partial charge in [-0.25, -0.2) is 4.98 Å². The SMILES string of the molecule is Cc1coc(C(=O)c2ccccc2)n1. The van der Waals surface area contributed by atoms with Gasteiger partial charge in [-0.15, -0.1) is 0 Å². The summed E-state index contributed by atoms with van der Waals surface area (Å²) in [5.41, 5.74) is 1.30. The highest BCUT2D eigenvalue weighted by Gasteiger charge is 2.13. The fourth-order valence-electron chi connectivity index (χ4n) is 1.17. The Morgan fingerprint density at radius 2 is 2.00 bits per heavy atom. The van der Waals surface area contributed by atoms with E-state index in [-0.39, 0.29) is 11.7 Å². The van der Waals surface area contributed by atoms with Crippen LogP contribution in [0.2, 0.25) is 0 Å². The summed E-state index contributed by atoms with van der Waals surface area (Å²) in [6, 6.07) is 8.95. The van der Waals surface area contributed by atoms with E-state index in [0.29, 0.717) is 11.3 Å². The summed E-state index contributed by atoms with van der Waals surface area (Å²) in [7, 11) is 0. The lowest BCUT2D eigenvalue weighted by Crippen LogP contribution is -2.00. The van der Waals surface area contributed by atoms with Gasteiger partial charge in [0.05, 0.1) is 5.69 Å². The van der Waals surface area contributed by atoms with Gasteiger partial charge in [0.1, 0.15) is 6.26 Å². The minimum absolute atomic E-state index is 0.147. The molecule has 0 amide bonds. The second-order valence-electron chi connectivity index (χ2n) is 2.99. The standard InChI is InChI=1S/C11H9NO2/c1-8-7-14-11(12-8)10(13)9-5-3-2-4-6-9/h2-7H,1H3. The van der Waals surface area contributed by atoms with Crippen LogP contribution in [-0.4, -0.2) is 10.8 Å². The first-order valence-corrected chi connectivity index (χ1v) is 4.29. The van der Waals surface area contributed by atoms with Crippen LogP contribution in [0.4, 0.5) is 0 Å². The average Bonchev–Trinajstić information content (AvgIpc) is 2.65. The Hall–Kier alpha value is -1.90. The number of carbonyl (C=O) groups excluding carboxylic acids is 1. The van der Waals surface area contributed by atoms with Crippen LogP contribution in [-0.2, 0) is 0 Å². The highest BCUT2D eigenvalue weighted by atomic mass is 16.3. The molecule has 0 saturated carbocycles. The molecule has 0 spiro atoms. The van der Waals surface area contributed by atoms with Gasteiger partial charge in [0, 0.05) is 5.56 Å². The maximum absolute atomic E-state index is 11.7. The summed E-state index contributed by atoms with van der Waals surface area (Å²) >= 11 is 0. The first-order valence-electron chi connectivity index (χ1n) is 4.29. The molecule has 2 aromatic rings. The van der Waals surface area contributed by atoms with E-state index < -0.39 is 0 Å². The predicted molar refractivity (Wildman–Crippen MR) is 51.1 cm³/mol. The number of aryl methyl sites for hydroxylation is 1. The molecule has 0 bridgehead atoms. The smallest absolute Gasteiger partial charge is 0.268 e. The third-order valence-electron chi connectivity index (χ3n) is 1.85. The Balaban J connectivity index is 2.34. The Labute approximate surface area is 81.4 Å². The van der Waals surface area contributed by atoms with Gasteiger partial charge in [-0.3, -0.25) is 4.79 Å². The van der Waals surface area contributed by atoms with Crippen molar-refractivity contribution >= 4 is 5.78 Å². The van der Waals surface area contributed by atoms with Gasteiger partial charge in [0.25, 0.3) is 5.89 Å². The maximum atomic E-state index is 11.7. The average molecular weight is 187 g/mol. The van der Waals surface area contributed by atoms with E-state index in [1.807, 2.05) is 18.2 Å². The van der Waals surface area contributed by atoms with Crippen LogP contribution in [0.3, 0.4) is 0 Å². The van der Waals surface area contributed by atoms with Crippen molar-refractivity contribution < 1.29 is 9.21 Å². The van der Waals surface area contributed by atoms with Gasteiger partial charge >= 0.3 is 0 Å². The van der Waals surface area contributed by atoms with E-state index >= 15 is 0 Å². The molecule has 1 heterocycles. The lowest BCUT2D eigenvalue weighted by atomic mass is 10.1. The molecule has 70 valence electrons. The molecule has 1 aromatic heterocycles. The fourth-order valence-corrected chi connectivity index (χ4v) is 1.17. The van der Waals surface area contributed by atoms with Crippen LogP contribution in [0.1, 0.15) is 21.9 Å². The van der Waals surface area contributed by atoms with E-state index in [0.717, 1.165) is 0 Å². The van der Waals surface area contributed by atoms with E-state index in [1.54, 1.807) is 19.1 Å². The zero-order valence-corrected chi connectivity index (χ0v) is 7.73. The quantitative estimate of drug-likeness (QED) is 0.677. The molecular formula is C11H9NO2. The molecule has 0 aliphatic heterocycles. The Kier molecular flexibility index (Phi) is 2.14. The van der Waals surface area contributed by atoms with Crippen molar-refractivity contribution in [2.24, 2.45) is 0 Å². The number of rotatable bonds is 2. The summed E-state index contributed by atoms with van der Waals surface area (Å²) in [4.78, 5) is 15.7. The maximum Gasteiger partial charge on any atom is 0.268 e. The third kappa shape index (κ3) is 1.57. The van der Waals surface area contributed by atoms with Gasteiger partial charge in [-0.05, 0) is 6.92 Å². The van der Waals surface area contributed by atoms with E-state index in [2.05, 4.69) is 4.98 Å². The molecule has 0 unspecified atom stereocenters. The van der Waals surface area contributed by atoms with Crippen LogP contribution in [0, 0.1) is 6.92 Å². The monoisotopic (exact) mass is 187 g/mol. The summed E-state index contributed by atoms with van der Waals surface area (Å²) in [6.45, 7) is 1.78. The van der Waals surface area contributed by atoms with Crippen molar-refractivity contribution in [3.05, 3.63) is 53.7 Å². The zero-order chi connectivity index (χ0) is 9.97. The predicted octanol–water partition coefficient (Wildman–Crippen LogP) is 2.21. The molecule has 0 aliphatic rings. The van der Waals surface area contributed by atoms with Crippen molar-refractivity contribution in [1.82, 2.24) is 4.98 Å². The summed E-state index contributed by atoms with van der Waals surface area (Å²) in [5.74, 6) is -0.0348. The van der Waals surface area contributed by atoms with Crippen LogP contribution in [0.5, 0.6) is 0 Å². The summed E-state index contributed by atoms with van der Waals surface area (Å²) < 4.78 is 5.02. The number of ketones is 1. The van der Waals surface area contributed by atoms with E-state index in [9.17, 15) is 4.79 Å². The Morgan fingerprint density at radius 3 is 2.57 bits per heavy atom. The molecule has 3 heteroatoms. The number of hydrogen-bond donors (Lipinski definition) is 0. The molecule has 0 fully saturated rings. The van der Waals surface area contributed by atoms with Crippen molar-refractivity contribution in [1.29, 1.82) is 0 Å². The molecule has 14 heavy (non-hydrogen) atoms. The molecule has 0 atom stereocenters. The molecule has 1 aromatic carbocycles. The minimum atomic E-state index is -0.182. The number of aromatic nitrogens is 1. The number of nitrogens with zero attached hydrogens (tertiary/aromatic N) is 1. The summed E-state index contributed by atoms with van der Waals surface area (Å²) in [6.07, 6.45) is 1.47. The van der Waals surface area contributed by atoms with Crippen molar-refractivity contribution in [2.45, 2.75) is 6.92 Å². The van der Waals surface area contributed by atoms with E-state index in [4.69, 9.17) is 4.42 Å². The lowest BCUT2D eigenvalue weighted by Gasteiger charge is -1.93.